The molecule has 6 atom stereocenters. The van der Waals surface area contributed by atoms with Crippen LogP contribution in [-0.4, -0.2) is 50.1 Å². The summed E-state index contributed by atoms with van der Waals surface area (Å²) in [5.41, 5.74) is 0.850. The Morgan fingerprint density at radius 3 is 2.79 bits per heavy atom. The van der Waals surface area contributed by atoms with Crippen molar-refractivity contribution in [3.8, 4) is 0 Å². The first-order valence-corrected chi connectivity index (χ1v) is 11.3. The van der Waals surface area contributed by atoms with Gasteiger partial charge in [0, 0.05) is 11.3 Å². The van der Waals surface area contributed by atoms with E-state index in [1.165, 1.54) is 11.3 Å². The summed E-state index contributed by atoms with van der Waals surface area (Å²) in [5, 5.41) is 40.6. The van der Waals surface area contributed by atoms with Crippen LogP contribution in [0.15, 0.2) is 23.6 Å². The van der Waals surface area contributed by atoms with E-state index in [4.69, 9.17) is 11.6 Å². The normalized spacial score (nSPS) is 27.3. The summed E-state index contributed by atoms with van der Waals surface area (Å²) in [6.45, 7) is 1.73. The van der Waals surface area contributed by atoms with Crippen LogP contribution < -0.4 is 0 Å². The number of aryl methyl sites for hydroxylation is 1. The molecule has 0 aromatic carbocycles. The molecule has 1 aliphatic rings. The maximum atomic E-state index is 11.2. The molecule has 7 heteroatoms. The number of carboxylic acids is 1. The summed E-state index contributed by atoms with van der Waals surface area (Å²) in [4.78, 5) is 11.6. The second kappa shape index (κ2) is 11.3. The van der Waals surface area contributed by atoms with Gasteiger partial charge in [0.25, 0.3) is 0 Å². The fourth-order valence-corrected chi connectivity index (χ4v) is 5.22. The van der Waals surface area contributed by atoms with Crippen molar-refractivity contribution in [1.82, 2.24) is 0 Å². The highest BCUT2D eigenvalue weighted by molar-refractivity contribution is 7.12. The number of thiophene rings is 1. The van der Waals surface area contributed by atoms with Gasteiger partial charge in [0.1, 0.15) is 4.88 Å². The van der Waals surface area contributed by atoms with Gasteiger partial charge in [0.15, 0.2) is 0 Å². The Balaban J connectivity index is 1.87. The number of halogens is 1. The molecule has 0 radical (unpaired) electrons. The molecule has 0 bridgehead atoms. The van der Waals surface area contributed by atoms with Crippen LogP contribution in [0.3, 0.4) is 0 Å². The van der Waals surface area contributed by atoms with E-state index in [-0.39, 0.29) is 23.3 Å². The van der Waals surface area contributed by atoms with Gasteiger partial charge < -0.3 is 20.4 Å². The smallest absolute Gasteiger partial charge is 0.346 e. The predicted molar refractivity (Wildman–Crippen MR) is 112 cm³/mol. The van der Waals surface area contributed by atoms with Gasteiger partial charge >= 0.3 is 5.97 Å². The van der Waals surface area contributed by atoms with Crippen LogP contribution in [0.5, 0.6) is 0 Å². The van der Waals surface area contributed by atoms with E-state index in [2.05, 4.69) is 0 Å². The lowest BCUT2D eigenvalue weighted by Gasteiger charge is -2.21. The highest BCUT2D eigenvalue weighted by Gasteiger charge is 2.39. The summed E-state index contributed by atoms with van der Waals surface area (Å²) >= 11 is 7.71. The number of aromatic carboxylic acids is 1. The molecule has 0 amide bonds. The lowest BCUT2D eigenvalue weighted by atomic mass is 9.88. The minimum absolute atomic E-state index is 0.101. The molecule has 1 heterocycles. The second-order valence-corrected chi connectivity index (χ2v) is 9.24. The molecule has 5 nitrogen and oxygen atoms in total. The van der Waals surface area contributed by atoms with E-state index < -0.39 is 18.2 Å². The number of rotatable bonds is 11. The standard InChI is InChI=1S/C21H31ClO5S/c1-13(23)4-2-6-15(24)8-9-17-16(18(22)12-19(17)25)7-3-5-14-10-11-28-20(14)21(26)27/h8-11,13,15-19,23-25H,2-7,12H2,1H3,(H,26,27)/b9-8+/t13-,15+,16-,17-,18-,19-/m1/s1. The zero-order valence-corrected chi connectivity index (χ0v) is 17.8. The average molecular weight is 431 g/mol. The van der Waals surface area contributed by atoms with E-state index in [1.807, 2.05) is 12.1 Å². The number of alkyl halides is 1. The Morgan fingerprint density at radius 2 is 2.11 bits per heavy atom. The SMILES string of the molecule is C[C@@H](O)CCC[C@H](O)/C=C/[C@@H]1[C@@H](CCCc2ccsc2C(=O)O)[C@H](Cl)C[C@H]1O. The number of aliphatic hydroxyl groups excluding tert-OH is 3. The van der Waals surface area contributed by atoms with Gasteiger partial charge in [-0.1, -0.05) is 12.2 Å². The average Bonchev–Trinajstić information content (AvgIpc) is 3.18. The molecule has 2 rings (SSSR count). The highest BCUT2D eigenvalue weighted by Crippen LogP contribution is 2.40. The number of hydrogen-bond acceptors (Lipinski definition) is 5. The molecule has 1 aromatic rings. The van der Waals surface area contributed by atoms with Gasteiger partial charge in [-0.25, -0.2) is 4.79 Å². The first kappa shape index (κ1) is 23.4. The summed E-state index contributed by atoms with van der Waals surface area (Å²) in [6.07, 6.45) is 6.93. The van der Waals surface area contributed by atoms with Crippen molar-refractivity contribution in [2.24, 2.45) is 11.8 Å². The maximum Gasteiger partial charge on any atom is 0.346 e. The van der Waals surface area contributed by atoms with Crippen molar-refractivity contribution < 1.29 is 25.2 Å². The Labute approximate surface area is 175 Å². The number of hydrogen-bond donors (Lipinski definition) is 4. The lowest BCUT2D eigenvalue weighted by Crippen LogP contribution is -2.19. The summed E-state index contributed by atoms with van der Waals surface area (Å²) < 4.78 is 0. The van der Waals surface area contributed by atoms with Crippen LogP contribution in [0.4, 0.5) is 0 Å². The van der Waals surface area contributed by atoms with Gasteiger partial charge in [0.05, 0.1) is 18.3 Å². The van der Waals surface area contributed by atoms with Crippen molar-refractivity contribution in [3.63, 3.8) is 0 Å². The first-order valence-electron chi connectivity index (χ1n) is 9.95. The summed E-state index contributed by atoms with van der Waals surface area (Å²) in [6, 6.07) is 1.86. The van der Waals surface area contributed by atoms with Gasteiger partial charge in [-0.15, -0.1) is 22.9 Å². The fourth-order valence-electron chi connectivity index (χ4n) is 3.96. The largest absolute Gasteiger partial charge is 0.477 e. The first-order chi connectivity index (χ1) is 13.3. The number of aliphatic hydroxyl groups is 3. The molecule has 0 saturated heterocycles. The molecule has 1 fully saturated rings. The van der Waals surface area contributed by atoms with E-state index in [0.717, 1.165) is 24.8 Å². The second-order valence-electron chi connectivity index (χ2n) is 7.76. The number of carbonyl (C=O) groups is 1. The third-order valence-corrected chi connectivity index (χ3v) is 6.92. The maximum absolute atomic E-state index is 11.2. The van der Waals surface area contributed by atoms with Crippen LogP contribution >= 0.6 is 22.9 Å². The Kier molecular flexibility index (Phi) is 9.44. The number of carboxylic acid groups (broad SMARTS) is 1. The monoisotopic (exact) mass is 430 g/mol. The van der Waals surface area contributed by atoms with Gasteiger partial charge in [0.2, 0.25) is 0 Å². The molecular weight excluding hydrogens is 400 g/mol. The Bertz CT molecular complexity index is 644. The molecule has 158 valence electrons. The molecule has 1 aliphatic carbocycles. The minimum atomic E-state index is -0.887. The molecule has 1 saturated carbocycles. The Morgan fingerprint density at radius 1 is 1.36 bits per heavy atom. The predicted octanol–water partition coefficient (Wildman–Crippen LogP) is 3.84. The molecule has 0 aliphatic heterocycles. The van der Waals surface area contributed by atoms with Gasteiger partial charge in [-0.2, -0.15) is 0 Å². The van der Waals surface area contributed by atoms with Crippen molar-refractivity contribution in [1.29, 1.82) is 0 Å². The lowest BCUT2D eigenvalue weighted by molar-refractivity contribution is 0.0701. The zero-order valence-electron chi connectivity index (χ0n) is 16.2. The van der Waals surface area contributed by atoms with Gasteiger partial charge in [-0.3, -0.25) is 0 Å². The molecule has 0 spiro atoms. The van der Waals surface area contributed by atoms with Crippen LogP contribution in [-0.2, 0) is 6.42 Å². The van der Waals surface area contributed by atoms with Crippen molar-refractivity contribution in [2.75, 3.05) is 0 Å². The summed E-state index contributed by atoms with van der Waals surface area (Å²) in [5.74, 6) is -0.887. The minimum Gasteiger partial charge on any atom is -0.477 e. The van der Waals surface area contributed by atoms with E-state index in [0.29, 0.717) is 30.6 Å². The highest BCUT2D eigenvalue weighted by atomic mass is 35.5. The van der Waals surface area contributed by atoms with Crippen LogP contribution in [0, 0.1) is 11.8 Å². The van der Waals surface area contributed by atoms with Crippen LogP contribution in [0.2, 0.25) is 0 Å². The summed E-state index contributed by atoms with van der Waals surface area (Å²) in [7, 11) is 0. The molecule has 1 aromatic heterocycles. The van der Waals surface area contributed by atoms with Crippen LogP contribution in [0.25, 0.3) is 0 Å². The van der Waals surface area contributed by atoms with Crippen molar-refractivity contribution in [2.45, 2.75) is 75.6 Å². The van der Waals surface area contributed by atoms with E-state index in [1.54, 1.807) is 18.4 Å². The van der Waals surface area contributed by atoms with Crippen molar-refractivity contribution >= 4 is 28.9 Å². The quantitative estimate of drug-likeness (QED) is 0.316. The fraction of sp³-hybridized carbons (Fsp3) is 0.667. The van der Waals surface area contributed by atoms with Crippen LogP contribution in [0.1, 0.15) is 60.7 Å². The topological polar surface area (TPSA) is 98.0 Å². The van der Waals surface area contributed by atoms with Gasteiger partial charge in [-0.05, 0) is 74.8 Å². The molecule has 4 N–H and O–H groups in total. The van der Waals surface area contributed by atoms with Crippen molar-refractivity contribution in [3.05, 3.63) is 34.0 Å². The molecular formula is C21H31ClO5S. The van der Waals surface area contributed by atoms with E-state index >= 15 is 0 Å². The zero-order chi connectivity index (χ0) is 20.7. The molecule has 0 unspecified atom stereocenters. The third kappa shape index (κ3) is 6.85. The molecule has 28 heavy (non-hydrogen) atoms. The third-order valence-electron chi connectivity index (χ3n) is 5.47. The van der Waals surface area contributed by atoms with E-state index in [9.17, 15) is 25.2 Å². The Hall–Kier alpha value is -0.920.